The van der Waals surface area contributed by atoms with Crippen LogP contribution < -0.4 is 0 Å². The molecule has 84 valence electrons. The summed E-state index contributed by atoms with van der Waals surface area (Å²) in [5.41, 5.74) is 0. The smallest absolute Gasteiger partial charge is 0.450 e. The van der Waals surface area contributed by atoms with Crippen molar-refractivity contribution in [2.75, 3.05) is 6.61 Å². The number of hydrogen-bond donors (Lipinski definition) is 4. The molecule has 0 amide bonds. The molecule has 1 saturated heterocycles. The predicted molar refractivity (Wildman–Crippen MR) is 43.0 cm³/mol. The minimum atomic E-state index is -2.28. The molecule has 0 spiro atoms. The maximum Gasteiger partial charge on any atom is 0.634 e. The number of aliphatic hydroxyl groups is 2. The molecule has 1 aliphatic rings. The number of rotatable bonds is 4. The van der Waals surface area contributed by atoms with E-state index in [1.165, 1.54) is 0 Å². The molecule has 15 heavy (non-hydrogen) atoms. The second kappa shape index (κ2) is 4.68. The van der Waals surface area contributed by atoms with Gasteiger partial charge in [0.2, 0.25) is 0 Å². The summed E-state index contributed by atoms with van der Waals surface area (Å²) in [7, 11) is -2.28. The van der Waals surface area contributed by atoms with E-state index < -0.39 is 44.0 Å². The highest BCUT2D eigenvalue weighted by Crippen LogP contribution is 2.18. The van der Waals surface area contributed by atoms with Crippen molar-refractivity contribution in [2.45, 2.75) is 18.3 Å². The second-order valence-corrected chi connectivity index (χ2v) is 2.87. The average molecular weight is 220 g/mol. The van der Waals surface area contributed by atoms with Gasteiger partial charge >= 0.3 is 13.3 Å². The van der Waals surface area contributed by atoms with Crippen LogP contribution in [0.5, 0.6) is 0 Å². The van der Waals surface area contributed by atoms with Crippen LogP contribution in [0.3, 0.4) is 0 Å². The average Bonchev–Trinajstić information content (AvgIpc) is 2.44. The number of ether oxygens (including phenoxy) is 1. The lowest BCUT2D eigenvalue weighted by Gasteiger charge is -2.20. The van der Waals surface area contributed by atoms with Crippen molar-refractivity contribution in [1.82, 2.24) is 0 Å². The van der Waals surface area contributed by atoms with E-state index in [0.29, 0.717) is 0 Å². The summed E-state index contributed by atoms with van der Waals surface area (Å²) in [6, 6.07) is 0. The quantitative estimate of drug-likeness (QED) is 0.215. The first-order valence-corrected chi connectivity index (χ1v) is 4.02. The number of hydrogen-bond acceptors (Lipinski definition) is 8. The van der Waals surface area contributed by atoms with Crippen molar-refractivity contribution in [1.29, 1.82) is 0 Å². The monoisotopic (exact) mass is 220 g/mol. The zero-order valence-electron chi connectivity index (χ0n) is 7.44. The first kappa shape index (κ1) is 12.1. The van der Waals surface area contributed by atoms with Gasteiger partial charge < -0.3 is 29.7 Å². The molecule has 1 heterocycles. The summed E-state index contributed by atoms with van der Waals surface area (Å²) < 4.78 is 8.67. The number of cyclic esters (lactones) is 1. The molecule has 8 nitrogen and oxygen atoms in total. The molecule has 0 saturated carbocycles. The Morgan fingerprint density at radius 1 is 1.47 bits per heavy atom. The summed E-state index contributed by atoms with van der Waals surface area (Å²) in [4.78, 5) is 21.8. The third-order valence-electron chi connectivity index (χ3n) is 1.84. The number of esters is 1. The van der Waals surface area contributed by atoms with Crippen LogP contribution in [-0.2, 0) is 19.0 Å². The van der Waals surface area contributed by atoms with Crippen molar-refractivity contribution in [3.8, 4) is 0 Å². The van der Waals surface area contributed by atoms with Gasteiger partial charge in [-0.25, -0.2) is 4.79 Å². The fraction of sp³-hybridized carbons (Fsp3) is 0.667. The summed E-state index contributed by atoms with van der Waals surface area (Å²) in [6.07, 6.45) is -4.58. The van der Waals surface area contributed by atoms with Gasteiger partial charge in [0.15, 0.2) is 12.2 Å². The lowest BCUT2D eigenvalue weighted by Crippen LogP contribution is -2.43. The van der Waals surface area contributed by atoms with Gasteiger partial charge in [0.05, 0.1) is 6.61 Å². The van der Waals surface area contributed by atoms with Crippen molar-refractivity contribution in [2.24, 2.45) is 0 Å². The SMILES string of the molecule is O=C1O[C@H]([C@@H](O)CO)C(OB(O)O)C1=O. The fourth-order valence-electron chi connectivity index (χ4n) is 1.16. The molecule has 9 heteroatoms. The highest BCUT2D eigenvalue weighted by molar-refractivity contribution is 6.40. The van der Waals surface area contributed by atoms with Crippen LogP contribution in [0.2, 0.25) is 0 Å². The Bertz CT molecular complexity index is 266. The number of ketones is 1. The summed E-state index contributed by atoms with van der Waals surface area (Å²) in [5.74, 6) is -2.39. The molecule has 0 radical (unpaired) electrons. The number of carbonyl (C=O) groups is 2. The van der Waals surface area contributed by atoms with Crippen LogP contribution in [-0.4, -0.2) is 64.3 Å². The van der Waals surface area contributed by atoms with E-state index in [0.717, 1.165) is 0 Å². The molecule has 0 aromatic heterocycles. The molecule has 1 aliphatic heterocycles. The first-order valence-electron chi connectivity index (χ1n) is 4.02. The van der Waals surface area contributed by atoms with E-state index >= 15 is 0 Å². The van der Waals surface area contributed by atoms with Crippen molar-refractivity contribution in [3.05, 3.63) is 0 Å². The molecule has 1 fully saturated rings. The van der Waals surface area contributed by atoms with Crippen LogP contribution in [0, 0.1) is 0 Å². The van der Waals surface area contributed by atoms with Crippen LogP contribution >= 0.6 is 0 Å². The fourth-order valence-corrected chi connectivity index (χ4v) is 1.16. The highest BCUT2D eigenvalue weighted by atomic mass is 16.7. The van der Waals surface area contributed by atoms with Gasteiger partial charge in [-0.05, 0) is 0 Å². The maximum atomic E-state index is 11.1. The van der Waals surface area contributed by atoms with E-state index in [1.807, 2.05) is 0 Å². The van der Waals surface area contributed by atoms with Gasteiger partial charge in [-0.2, -0.15) is 0 Å². The van der Waals surface area contributed by atoms with E-state index in [2.05, 4.69) is 9.39 Å². The Kier molecular flexibility index (Phi) is 3.77. The molecule has 0 aromatic carbocycles. The van der Waals surface area contributed by atoms with E-state index in [1.54, 1.807) is 0 Å². The molecule has 3 atom stereocenters. The highest BCUT2D eigenvalue weighted by Gasteiger charge is 2.49. The lowest BCUT2D eigenvalue weighted by atomic mass is 10.1. The zero-order chi connectivity index (χ0) is 11.6. The van der Waals surface area contributed by atoms with Crippen LogP contribution in [0.1, 0.15) is 0 Å². The Morgan fingerprint density at radius 2 is 2.07 bits per heavy atom. The number of Topliss-reactive ketones (excluding diaryl/α,β-unsaturated/α-hetero) is 1. The molecule has 0 aromatic rings. The van der Waals surface area contributed by atoms with Crippen LogP contribution in [0.4, 0.5) is 0 Å². The Labute approximate surface area is 84.2 Å². The third-order valence-corrected chi connectivity index (χ3v) is 1.84. The zero-order valence-corrected chi connectivity index (χ0v) is 7.44. The number of carbonyl (C=O) groups excluding carboxylic acids is 2. The standard InChI is InChI=1S/C6H9BO8/c8-1-2(9)4-5(15-7(12)13)3(10)6(11)14-4/h2,4-5,8-9,12-13H,1H2/t2-,4+,5?/m0/s1. The molecular formula is C6H9BO8. The minimum Gasteiger partial charge on any atom is -0.450 e. The minimum absolute atomic E-state index is 0.757. The summed E-state index contributed by atoms with van der Waals surface area (Å²) in [5, 5.41) is 34.7. The molecule has 1 unspecified atom stereocenters. The van der Waals surface area contributed by atoms with E-state index in [-0.39, 0.29) is 0 Å². The van der Waals surface area contributed by atoms with Gasteiger partial charge in [-0.15, -0.1) is 0 Å². The third kappa shape index (κ3) is 2.52. The molecule has 1 rings (SSSR count). The molecule has 0 bridgehead atoms. The van der Waals surface area contributed by atoms with Crippen LogP contribution in [0.25, 0.3) is 0 Å². The normalized spacial score (nSPS) is 27.7. The van der Waals surface area contributed by atoms with Gasteiger partial charge in [0.25, 0.3) is 5.78 Å². The second-order valence-electron chi connectivity index (χ2n) is 2.87. The van der Waals surface area contributed by atoms with E-state index in [9.17, 15) is 9.59 Å². The molecule has 4 N–H and O–H groups in total. The molecular weight excluding hydrogens is 211 g/mol. The van der Waals surface area contributed by atoms with Crippen molar-refractivity contribution < 1.29 is 39.2 Å². The van der Waals surface area contributed by atoms with Crippen LogP contribution in [0.15, 0.2) is 0 Å². The molecule has 0 aliphatic carbocycles. The van der Waals surface area contributed by atoms with Gasteiger partial charge in [-0.1, -0.05) is 0 Å². The largest absolute Gasteiger partial charge is 0.634 e. The number of aliphatic hydroxyl groups excluding tert-OH is 2. The first-order chi connectivity index (χ1) is 6.97. The Morgan fingerprint density at radius 3 is 2.53 bits per heavy atom. The van der Waals surface area contributed by atoms with E-state index in [4.69, 9.17) is 20.3 Å². The Balaban J connectivity index is 2.77. The van der Waals surface area contributed by atoms with Crippen molar-refractivity contribution in [3.63, 3.8) is 0 Å². The van der Waals surface area contributed by atoms with Gasteiger partial charge in [0, 0.05) is 0 Å². The summed E-state index contributed by atoms with van der Waals surface area (Å²) in [6.45, 7) is -0.757. The predicted octanol–water partition coefficient (Wildman–Crippen LogP) is -3.81. The Hall–Kier alpha value is -0.995. The summed E-state index contributed by atoms with van der Waals surface area (Å²) >= 11 is 0. The maximum absolute atomic E-state index is 11.1. The van der Waals surface area contributed by atoms with Crippen molar-refractivity contribution >= 4 is 19.1 Å². The topological polar surface area (TPSA) is 134 Å². The lowest BCUT2D eigenvalue weighted by molar-refractivity contribution is -0.152. The van der Waals surface area contributed by atoms with Gasteiger partial charge in [0.1, 0.15) is 6.10 Å². The van der Waals surface area contributed by atoms with Gasteiger partial charge in [-0.3, -0.25) is 4.79 Å².